The smallest absolute Gasteiger partial charge is 0.243 e. The molecule has 28 heavy (non-hydrogen) atoms. The van der Waals surface area contributed by atoms with Crippen LogP contribution in [0.3, 0.4) is 0 Å². The zero-order valence-electron chi connectivity index (χ0n) is 16.1. The topological polar surface area (TPSA) is 78.5 Å². The maximum atomic E-state index is 12.5. The molecule has 3 rings (SSSR count). The fourth-order valence-electron chi connectivity index (χ4n) is 3.04. The first-order chi connectivity index (χ1) is 13.3. The standard InChI is InChI=1S/C21H23N3O3S/c1-13-7-6-8-14(2)20(13)23-18(25)12-24(3)19(26)11-17-21(27)22-15-9-4-5-10-16(15)28-17/h4-10,17H,11-12H2,1-3H3,(H,22,27)(H,23,25)/t17-/m1/s1. The highest BCUT2D eigenvalue weighted by Crippen LogP contribution is 2.36. The van der Waals surface area contributed by atoms with Crippen LogP contribution in [-0.2, 0) is 14.4 Å². The van der Waals surface area contributed by atoms with Gasteiger partial charge in [-0.15, -0.1) is 11.8 Å². The lowest BCUT2D eigenvalue weighted by Gasteiger charge is -2.25. The lowest BCUT2D eigenvalue weighted by molar-refractivity contribution is -0.134. The van der Waals surface area contributed by atoms with E-state index < -0.39 is 5.25 Å². The number of likely N-dealkylation sites (N-methyl/N-ethyl adjacent to an activating group) is 1. The third-order valence-electron chi connectivity index (χ3n) is 4.62. The quantitative estimate of drug-likeness (QED) is 0.812. The number of amides is 3. The van der Waals surface area contributed by atoms with Crippen LogP contribution in [0.1, 0.15) is 17.5 Å². The molecule has 0 unspecified atom stereocenters. The fraction of sp³-hybridized carbons (Fsp3) is 0.286. The van der Waals surface area contributed by atoms with Gasteiger partial charge in [0.1, 0.15) is 0 Å². The number of aryl methyl sites for hydroxylation is 2. The number of benzene rings is 2. The van der Waals surface area contributed by atoms with Crippen molar-refractivity contribution in [3.63, 3.8) is 0 Å². The van der Waals surface area contributed by atoms with Crippen molar-refractivity contribution in [2.45, 2.75) is 30.4 Å². The zero-order chi connectivity index (χ0) is 20.3. The van der Waals surface area contributed by atoms with E-state index in [0.717, 1.165) is 27.4 Å². The van der Waals surface area contributed by atoms with Crippen LogP contribution in [0.2, 0.25) is 0 Å². The molecule has 0 aliphatic carbocycles. The van der Waals surface area contributed by atoms with Crippen molar-refractivity contribution >= 4 is 40.9 Å². The Labute approximate surface area is 168 Å². The van der Waals surface area contributed by atoms with Crippen molar-refractivity contribution in [2.24, 2.45) is 0 Å². The van der Waals surface area contributed by atoms with Crippen LogP contribution in [0.4, 0.5) is 11.4 Å². The number of hydrogen-bond donors (Lipinski definition) is 2. The van der Waals surface area contributed by atoms with E-state index in [1.165, 1.54) is 16.7 Å². The molecule has 0 spiro atoms. The minimum Gasteiger partial charge on any atom is -0.336 e. The Balaban J connectivity index is 1.57. The molecule has 7 heteroatoms. The Hall–Kier alpha value is -2.80. The number of carbonyl (C=O) groups excluding carboxylic acids is 3. The van der Waals surface area contributed by atoms with E-state index in [1.54, 1.807) is 7.05 Å². The van der Waals surface area contributed by atoms with Crippen LogP contribution >= 0.6 is 11.8 Å². The SMILES string of the molecule is Cc1cccc(C)c1NC(=O)CN(C)C(=O)C[C@H]1Sc2ccccc2NC1=O. The number of nitrogens with one attached hydrogen (secondary N) is 2. The average molecular weight is 398 g/mol. The zero-order valence-corrected chi connectivity index (χ0v) is 16.9. The molecule has 1 heterocycles. The Bertz CT molecular complexity index is 909. The first-order valence-electron chi connectivity index (χ1n) is 9.01. The first-order valence-corrected chi connectivity index (χ1v) is 9.89. The maximum Gasteiger partial charge on any atom is 0.243 e. The summed E-state index contributed by atoms with van der Waals surface area (Å²) in [6.45, 7) is 3.78. The van der Waals surface area contributed by atoms with Crippen LogP contribution in [0, 0.1) is 13.8 Å². The lowest BCUT2D eigenvalue weighted by Crippen LogP contribution is -2.39. The molecular formula is C21H23N3O3S. The van der Waals surface area contributed by atoms with Gasteiger partial charge in [0.2, 0.25) is 17.7 Å². The number of para-hydroxylation sites is 2. The van der Waals surface area contributed by atoms with Gasteiger partial charge in [0.15, 0.2) is 0 Å². The van der Waals surface area contributed by atoms with Crippen molar-refractivity contribution in [1.82, 2.24) is 4.90 Å². The summed E-state index contributed by atoms with van der Waals surface area (Å²) >= 11 is 1.38. The molecule has 2 aromatic rings. The third kappa shape index (κ3) is 4.54. The number of anilines is 2. The molecule has 1 aliphatic rings. The largest absolute Gasteiger partial charge is 0.336 e. The molecule has 0 bridgehead atoms. The second-order valence-corrected chi connectivity index (χ2v) is 8.11. The van der Waals surface area contributed by atoms with Gasteiger partial charge in [-0.2, -0.15) is 0 Å². The van der Waals surface area contributed by atoms with Gasteiger partial charge >= 0.3 is 0 Å². The molecule has 0 fully saturated rings. The highest BCUT2D eigenvalue weighted by atomic mass is 32.2. The van der Waals surface area contributed by atoms with Gasteiger partial charge in [0.25, 0.3) is 0 Å². The highest BCUT2D eigenvalue weighted by molar-refractivity contribution is 8.01. The van der Waals surface area contributed by atoms with Crippen molar-refractivity contribution in [3.05, 3.63) is 53.6 Å². The molecule has 0 saturated heterocycles. The second-order valence-electron chi connectivity index (χ2n) is 6.86. The lowest BCUT2D eigenvalue weighted by atomic mass is 10.1. The minimum absolute atomic E-state index is 0.0397. The number of carbonyl (C=O) groups is 3. The summed E-state index contributed by atoms with van der Waals surface area (Å²) < 4.78 is 0. The Morgan fingerprint density at radius 3 is 2.50 bits per heavy atom. The van der Waals surface area contributed by atoms with Gasteiger partial charge in [0, 0.05) is 24.1 Å². The van der Waals surface area contributed by atoms with E-state index in [2.05, 4.69) is 10.6 Å². The molecule has 0 saturated carbocycles. The summed E-state index contributed by atoms with van der Waals surface area (Å²) in [5.74, 6) is -0.700. The van der Waals surface area contributed by atoms with E-state index in [-0.39, 0.29) is 30.7 Å². The molecule has 3 amide bonds. The average Bonchev–Trinajstić information content (AvgIpc) is 2.65. The third-order valence-corrected chi connectivity index (χ3v) is 5.89. The van der Waals surface area contributed by atoms with Crippen molar-refractivity contribution in [3.8, 4) is 0 Å². The number of hydrogen-bond acceptors (Lipinski definition) is 4. The summed E-state index contributed by atoms with van der Waals surface area (Å²) in [4.78, 5) is 39.5. The molecule has 0 radical (unpaired) electrons. The van der Waals surface area contributed by atoms with E-state index in [1.807, 2.05) is 56.3 Å². The molecule has 2 N–H and O–H groups in total. The van der Waals surface area contributed by atoms with Crippen molar-refractivity contribution in [1.29, 1.82) is 0 Å². The molecule has 2 aromatic carbocycles. The Morgan fingerprint density at radius 1 is 1.11 bits per heavy atom. The fourth-order valence-corrected chi connectivity index (χ4v) is 4.14. The van der Waals surface area contributed by atoms with Gasteiger partial charge in [-0.25, -0.2) is 0 Å². The summed E-state index contributed by atoms with van der Waals surface area (Å²) in [5, 5.41) is 5.19. The number of rotatable bonds is 5. The number of fused-ring (bicyclic) bond motifs is 1. The van der Waals surface area contributed by atoms with Crippen LogP contribution in [0.5, 0.6) is 0 Å². The molecule has 146 valence electrons. The molecular weight excluding hydrogens is 374 g/mol. The van der Waals surface area contributed by atoms with Gasteiger partial charge in [-0.05, 0) is 37.1 Å². The Kier molecular flexibility index (Phi) is 6.04. The van der Waals surface area contributed by atoms with Crippen LogP contribution in [0.25, 0.3) is 0 Å². The predicted octanol–water partition coefficient (Wildman–Crippen LogP) is 3.20. The van der Waals surface area contributed by atoms with Gasteiger partial charge < -0.3 is 15.5 Å². The van der Waals surface area contributed by atoms with Crippen LogP contribution in [0.15, 0.2) is 47.4 Å². The van der Waals surface area contributed by atoms with E-state index in [0.29, 0.717) is 0 Å². The van der Waals surface area contributed by atoms with Gasteiger partial charge in [-0.3, -0.25) is 14.4 Å². The van der Waals surface area contributed by atoms with Crippen molar-refractivity contribution in [2.75, 3.05) is 24.2 Å². The van der Waals surface area contributed by atoms with E-state index in [4.69, 9.17) is 0 Å². The minimum atomic E-state index is -0.508. The highest BCUT2D eigenvalue weighted by Gasteiger charge is 2.30. The normalized spacial score (nSPS) is 15.4. The van der Waals surface area contributed by atoms with Crippen LogP contribution < -0.4 is 10.6 Å². The van der Waals surface area contributed by atoms with Gasteiger partial charge in [0.05, 0.1) is 17.5 Å². The molecule has 0 aromatic heterocycles. The van der Waals surface area contributed by atoms with Gasteiger partial charge in [-0.1, -0.05) is 30.3 Å². The summed E-state index contributed by atoms with van der Waals surface area (Å²) in [6.07, 6.45) is 0.0397. The second kappa shape index (κ2) is 8.48. The van der Waals surface area contributed by atoms with Crippen molar-refractivity contribution < 1.29 is 14.4 Å². The van der Waals surface area contributed by atoms with E-state index in [9.17, 15) is 14.4 Å². The molecule has 6 nitrogen and oxygen atoms in total. The summed E-state index contributed by atoms with van der Waals surface area (Å²) in [7, 11) is 1.58. The monoisotopic (exact) mass is 397 g/mol. The predicted molar refractivity (Wildman–Crippen MR) is 112 cm³/mol. The first kappa shape index (κ1) is 19.9. The molecule has 1 aliphatic heterocycles. The van der Waals surface area contributed by atoms with E-state index >= 15 is 0 Å². The van der Waals surface area contributed by atoms with Crippen LogP contribution in [-0.4, -0.2) is 41.5 Å². The number of nitrogens with zero attached hydrogens (tertiary/aromatic N) is 1. The molecule has 1 atom stereocenters. The summed E-state index contributed by atoms with van der Waals surface area (Å²) in [5.41, 5.74) is 3.47. The summed E-state index contributed by atoms with van der Waals surface area (Å²) in [6, 6.07) is 13.3. The Morgan fingerprint density at radius 2 is 1.79 bits per heavy atom. The number of thioether (sulfide) groups is 1. The maximum absolute atomic E-state index is 12.5.